The van der Waals surface area contributed by atoms with Gasteiger partial charge >= 0.3 is 0 Å². The first kappa shape index (κ1) is 13.2. The van der Waals surface area contributed by atoms with Crippen LogP contribution >= 0.6 is 11.6 Å². The molecule has 2 atom stereocenters. The molecule has 0 bridgehead atoms. The van der Waals surface area contributed by atoms with E-state index >= 15 is 0 Å². The van der Waals surface area contributed by atoms with Crippen molar-refractivity contribution in [2.75, 3.05) is 6.26 Å². The van der Waals surface area contributed by atoms with Gasteiger partial charge in [0.1, 0.15) is 6.33 Å². The summed E-state index contributed by atoms with van der Waals surface area (Å²) in [6, 6.07) is 6.99. The summed E-state index contributed by atoms with van der Waals surface area (Å²) >= 11 is 5.85. The van der Waals surface area contributed by atoms with Gasteiger partial charge in [-0.05, 0) is 17.7 Å². The molecule has 2 rings (SSSR count). The van der Waals surface area contributed by atoms with E-state index in [2.05, 4.69) is 10.1 Å². The maximum absolute atomic E-state index is 11.2. The average molecular weight is 286 g/mol. The van der Waals surface area contributed by atoms with E-state index in [1.807, 2.05) is 0 Å². The number of benzene rings is 1. The normalized spacial score (nSPS) is 14.4. The lowest BCUT2D eigenvalue weighted by Crippen LogP contribution is -2.09. The van der Waals surface area contributed by atoms with Crippen molar-refractivity contribution in [2.45, 2.75) is 17.8 Å². The Kier molecular flexibility index (Phi) is 4.11. The van der Waals surface area contributed by atoms with E-state index in [4.69, 9.17) is 11.6 Å². The fourth-order valence-electron chi connectivity index (χ4n) is 1.49. The van der Waals surface area contributed by atoms with Crippen molar-refractivity contribution in [3.63, 3.8) is 0 Å². The number of hydrogen-bond acceptors (Lipinski definition) is 4. The van der Waals surface area contributed by atoms with Crippen LogP contribution in [0.4, 0.5) is 0 Å². The highest BCUT2D eigenvalue weighted by Crippen LogP contribution is 2.18. The van der Waals surface area contributed by atoms with Gasteiger partial charge in [0.25, 0.3) is 0 Å². The van der Waals surface area contributed by atoms with Gasteiger partial charge in [0, 0.05) is 11.3 Å². The van der Waals surface area contributed by atoms with Gasteiger partial charge in [-0.25, -0.2) is 9.67 Å². The zero-order valence-electron chi connectivity index (χ0n) is 9.65. The number of aromatic nitrogens is 3. The van der Waals surface area contributed by atoms with Gasteiger partial charge in [-0.1, -0.05) is 23.7 Å². The van der Waals surface area contributed by atoms with Gasteiger partial charge in [0.15, 0.2) is 0 Å². The second kappa shape index (κ2) is 5.60. The molecule has 2 aromatic rings. The Morgan fingerprint density at radius 3 is 2.94 bits per heavy atom. The molecule has 1 aromatic heterocycles. The van der Waals surface area contributed by atoms with E-state index < -0.39 is 16.9 Å². The molecule has 0 spiro atoms. The lowest BCUT2D eigenvalue weighted by atomic mass is 10.1. The van der Waals surface area contributed by atoms with Crippen LogP contribution in [0.15, 0.2) is 35.7 Å². The summed E-state index contributed by atoms with van der Waals surface area (Å²) < 4.78 is 12.6. The Morgan fingerprint density at radius 2 is 2.33 bits per heavy atom. The molecule has 0 aliphatic carbocycles. The minimum atomic E-state index is -1.22. The first-order valence-corrected chi connectivity index (χ1v) is 7.16. The molecular weight excluding hydrogens is 274 g/mol. The molecule has 0 fully saturated rings. The molecule has 5 nitrogen and oxygen atoms in total. The molecule has 0 aliphatic heterocycles. The fraction of sp³-hybridized carbons (Fsp3) is 0.273. The summed E-state index contributed by atoms with van der Waals surface area (Å²) in [6.07, 6.45) is 2.22. The van der Waals surface area contributed by atoms with Crippen LogP contribution in [0.1, 0.15) is 11.7 Å². The van der Waals surface area contributed by atoms with Crippen molar-refractivity contribution >= 4 is 22.4 Å². The van der Waals surface area contributed by atoms with Gasteiger partial charge < -0.3 is 5.11 Å². The predicted molar refractivity (Wildman–Crippen MR) is 68.8 cm³/mol. The Labute approximate surface area is 112 Å². The highest BCUT2D eigenvalue weighted by molar-refractivity contribution is 7.84. The second-order valence-electron chi connectivity index (χ2n) is 3.77. The van der Waals surface area contributed by atoms with Crippen LogP contribution in [0.3, 0.4) is 0 Å². The topological polar surface area (TPSA) is 68.0 Å². The maximum atomic E-state index is 11.2. The predicted octanol–water partition coefficient (Wildman–Crippen LogP) is 1.40. The molecule has 1 heterocycles. The van der Waals surface area contributed by atoms with Gasteiger partial charge in [0.05, 0.1) is 23.4 Å². The third kappa shape index (κ3) is 3.16. The summed E-state index contributed by atoms with van der Waals surface area (Å²) in [6.45, 7) is 0.241. The minimum Gasteiger partial charge on any atom is -0.386 e. The van der Waals surface area contributed by atoms with E-state index in [1.165, 1.54) is 17.3 Å². The molecule has 18 heavy (non-hydrogen) atoms. The largest absolute Gasteiger partial charge is 0.386 e. The van der Waals surface area contributed by atoms with Crippen LogP contribution < -0.4 is 0 Å². The van der Waals surface area contributed by atoms with Crippen LogP contribution in [-0.4, -0.2) is 30.3 Å². The Hall–Kier alpha value is -1.24. The Balaban J connectivity index is 2.11. The van der Waals surface area contributed by atoms with E-state index in [0.717, 1.165) is 0 Å². The van der Waals surface area contributed by atoms with Crippen molar-refractivity contribution in [3.8, 4) is 0 Å². The van der Waals surface area contributed by atoms with Crippen molar-refractivity contribution in [1.82, 2.24) is 14.8 Å². The molecule has 0 aliphatic rings. The maximum Gasteiger partial charge on any atom is 0.238 e. The van der Waals surface area contributed by atoms with Crippen molar-refractivity contribution in [1.29, 1.82) is 0 Å². The third-order valence-corrected chi connectivity index (χ3v) is 3.30. The minimum absolute atomic E-state index is 0.241. The van der Waals surface area contributed by atoms with E-state index in [1.54, 1.807) is 24.3 Å². The second-order valence-corrected chi connectivity index (χ2v) is 5.48. The molecule has 0 radical (unpaired) electrons. The molecule has 1 N–H and O–H groups in total. The SMILES string of the molecule is C[S@@](=O)c1ncn(C[C@H](O)c2cccc(Cl)c2)n1. The van der Waals surface area contributed by atoms with Gasteiger partial charge in [-0.2, -0.15) is 0 Å². The van der Waals surface area contributed by atoms with E-state index in [9.17, 15) is 9.32 Å². The zero-order chi connectivity index (χ0) is 13.1. The quantitative estimate of drug-likeness (QED) is 0.922. The lowest BCUT2D eigenvalue weighted by Gasteiger charge is -2.10. The molecule has 96 valence electrons. The van der Waals surface area contributed by atoms with Crippen molar-refractivity contribution in [3.05, 3.63) is 41.2 Å². The number of aliphatic hydroxyl groups excluding tert-OH is 1. The average Bonchev–Trinajstić information content (AvgIpc) is 2.77. The van der Waals surface area contributed by atoms with Crippen LogP contribution in [-0.2, 0) is 17.3 Å². The zero-order valence-corrected chi connectivity index (χ0v) is 11.2. The Bertz CT molecular complexity index is 573. The van der Waals surface area contributed by atoms with Crippen molar-refractivity contribution in [2.24, 2.45) is 0 Å². The summed E-state index contributed by atoms with van der Waals surface area (Å²) in [5.74, 6) is 0. The Morgan fingerprint density at radius 1 is 1.56 bits per heavy atom. The van der Waals surface area contributed by atoms with Gasteiger partial charge in [-0.3, -0.25) is 4.21 Å². The van der Waals surface area contributed by atoms with Gasteiger partial charge in [-0.15, -0.1) is 5.10 Å². The molecule has 0 amide bonds. The lowest BCUT2D eigenvalue weighted by molar-refractivity contribution is 0.151. The molecule has 0 saturated heterocycles. The van der Waals surface area contributed by atoms with Gasteiger partial charge in [0.2, 0.25) is 5.16 Å². The van der Waals surface area contributed by atoms with Crippen LogP contribution in [0.25, 0.3) is 0 Å². The highest BCUT2D eigenvalue weighted by Gasteiger charge is 2.11. The van der Waals surface area contributed by atoms with E-state index in [-0.39, 0.29) is 11.7 Å². The monoisotopic (exact) mass is 285 g/mol. The number of aliphatic hydroxyl groups is 1. The van der Waals surface area contributed by atoms with Crippen LogP contribution in [0, 0.1) is 0 Å². The summed E-state index contributed by atoms with van der Waals surface area (Å²) in [5.41, 5.74) is 0.706. The summed E-state index contributed by atoms with van der Waals surface area (Å²) in [7, 11) is -1.22. The fourth-order valence-corrected chi connectivity index (χ4v) is 2.11. The molecular formula is C11H12ClN3O2S. The van der Waals surface area contributed by atoms with E-state index in [0.29, 0.717) is 10.6 Å². The number of nitrogens with zero attached hydrogens (tertiary/aromatic N) is 3. The first-order valence-electron chi connectivity index (χ1n) is 5.22. The number of hydrogen-bond donors (Lipinski definition) is 1. The smallest absolute Gasteiger partial charge is 0.238 e. The summed E-state index contributed by atoms with van der Waals surface area (Å²) in [5, 5.41) is 14.9. The van der Waals surface area contributed by atoms with Crippen molar-refractivity contribution < 1.29 is 9.32 Å². The molecule has 0 saturated carbocycles. The molecule has 1 aromatic carbocycles. The molecule has 0 unspecified atom stereocenters. The van der Waals surface area contributed by atoms with Crippen LogP contribution in [0.2, 0.25) is 5.02 Å². The number of halogens is 1. The van der Waals surface area contributed by atoms with Crippen LogP contribution in [0.5, 0.6) is 0 Å². The standard InChI is InChI=1S/C11H12ClN3O2S/c1-18(17)11-13-7-15(14-11)6-10(16)8-3-2-4-9(12)5-8/h2-5,7,10,16H,6H2,1H3/t10-,18+/m0/s1. The third-order valence-electron chi connectivity index (χ3n) is 2.37. The number of rotatable bonds is 4. The first-order chi connectivity index (χ1) is 8.56. The summed E-state index contributed by atoms with van der Waals surface area (Å²) in [4.78, 5) is 3.89. The highest BCUT2D eigenvalue weighted by atomic mass is 35.5. The molecule has 7 heteroatoms.